The lowest BCUT2D eigenvalue weighted by molar-refractivity contribution is -0.115. The Balaban J connectivity index is 1.72. The number of anilines is 2. The van der Waals surface area contributed by atoms with E-state index < -0.39 is 0 Å². The summed E-state index contributed by atoms with van der Waals surface area (Å²) in [5, 5.41) is 3.90. The van der Waals surface area contributed by atoms with Crippen molar-refractivity contribution in [3.8, 4) is 0 Å². The molecule has 0 aliphatic carbocycles. The Kier molecular flexibility index (Phi) is 3.51. The fourth-order valence-electron chi connectivity index (χ4n) is 2.18. The summed E-state index contributed by atoms with van der Waals surface area (Å²) in [6.07, 6.45) is 2.08. The summed E-state index contributed by atoms with van der Waals surface area (Å²) in [5.41, 5.74) is 8.94. The number of fused-ring (bicyclic) bond motifs is 1. The molecule has 2 aromatic carbocycles. The van der Waals surface area contributed by atoms with Crippen LogP contribution < -0.4 is 11.1 Å². The molecule has 4 nitrogen and oxygen atoms in total. The zero-order valence-electron chi connectivity index (χ0n) is 11.4. The van der Waals surface area contributed by atoms with E-state index in [0.29, 0.717) is 12.1 Å². The van der Waals surface area contributed by atoms with Gasteiger partial charge in [-0.05, 0) is 42.0 Å². The molecule has 1 heterocycles. The quantitative estimate of drug-likeness (QED) is 0.723. The van der Waals surface area contributed by atoms with Crippen molar-refractivity contribution in [2.45, 2.75) is 6.42 Å². The second-order valence-corrected chi connectivity index (χ2v) is 4.88. The van der Waals surface area contributed by atoms with Crippen LogP contribution in [0.5, 0.6) is 0 Å². The summed E-state index contributed by atoms with van der Waals surface area (Å²) in [5.74, 6) is -0.0528. The van der Waals surface area contributed by atoms with Crippen molar-refractivity contribution in [2.75, 3.05) is 11.1 Å². The van der Waals surface area contributed by atoms with Gasteiger partial charge in [-0.15, -0.1) is 0 Å². The predicted molar refractivity (Wildman–Crippen MR) is 84.9 cm³/mol. The van der Waals surface area contributed by atoms with Crippen LogP contribution in [0.2, 0.25) is 0 Å². The molecule has 1 aromatic heterocycles. The van der Waals surface area contributed by atoms with E-state index in [9.17, 15) is 4.79 Å². The van der Waals surface area contributed by atoms with Gasteiger partial charge in [0.25, 0.3) is 0 Å². The molecule has 104 valence electrons. The highest BCUT2D eigenvalue weighted by Crippen LogP contribution is 2.17. The lowest BCUT2D eigenvalue weighted by Gasteiger charge is -2.06. The maximum atomic E-state index is 12.0. The van der Waals surface area contributed by atoms with Crippen molar-refractivity contribution in [3.05, 3.63) is 66.4 Å². The van der Waals surface area contributed by atoms with Gasteiger partial charge in [0.1, 0.15) is 0 Å². The fraction of sp³-hybridized carbons (Fsp3) is 0.0588. The molecule has 0 atom stereocenters. The van der Waals surface area contributed by atoms with E-state index >= 15 is 0 Å². The Hall–Kier alpha value is -2.88. The highest BCUT2D eigenvalue weighted by molar-refractivity contribution is 5.94. The van der Waals surface area contributed by atoms with Crippen molar-refractivity contribution >= 4 is 28.2 Å². The normalized spacial score (nSPS) is 10.5. The summed E-state index contributed by atoms with van der Waals surface area (Å²) < 4.78 is 0. The highest BCUT2D eigenvalue weighted by Gasteiger charge is 2.05. The van der Waals surface area contributed by atoms with Crippen LogP contribution in [0.25, 0.3) is 10.9 Å². The minimum Gasteiger partial charge on any atom is -0.399 e. The first-order valence-corrected chi connectivity index (χ1v) is 6.70. The molecule has 3 rings (SSSR count). The van der Waals surface area contributed by atoms with Gasteiger partial charge in [0.2, 0.25) is 5.91 Å². The molecule has 0 radical (unpaired) electrons. The Morgan fingerprint density at radius 3 is 2.71 bits per heavy atom. The van der Waals surface area contributed by atoms with E-state index in [4.69, 9.17) is 5.73 Å². The standard InChI is InChI=1S/C17H15N3O/c18-14-5-3-12(4-6-14)10-17(21)20-15-7-8-16-13(11-15)2-1-9-19-16/h1-9,11H,10,18H2,(H,20,21). The van der Waals surface area contributed by atoms with Gasteiger partial charge in [-0.1, -0.05) is 18.2 Å². The summed E-state index contributed by atoms with van der Waals surface area (Å²) >= 11 is 0. The average molecular weight is 277 g/mol. The van der Waals surface area contributed by atoms with E-state index in [1.165, 1.54) is 0 Å². The number of aromatic nitrogens is 1. The van der Waals surface area contributed by atoms with Crippen molar-refractivity contribution in [1.29, 1.82) is 0 Å². The molecule has 0 saturated heterocycles. The first-order valence-electron chi connectivity index (χ1n) is 6.70. The number of amides is 1. The lowest BCUT2D eigenvalue weighted by Crippen LogP contribution is -2.14. The van der Waals surface area contributed by atoms with Gasteiger partial charge in [-0.25, -0.2) is 0 Å². The highest BCUT2D eigenvalue weighted by atomic mass is 16.1. The van der Waals surface area contributed by atoms with E-state index in [1.54, 1.807) is 18.3 Å². The molecule has 3 N–H and O–H groups in total. The number of nitrogens with two attached hydrogens (primary N) is 1. The van der Waals surface area contributed by atoms with Crippen LogP contribution in [0.15, 0.2) is 60.8 Å². The molecule has 0 fully saturated rings. The Morgan fingerprint density at radius 1 is 1.10 bits per heavy atom. The number of pyridine rings is 1. The third-order valence-corrected chi connectivity index (χ3v) is 3.23. The fourth-order valence-corrected chi connectivity index (χ4v) is 2.18. The largest absolute Gasteiger partial charge is 0.399 e. The second-order valence-electron chi connectivity index (χ2n) is 4.88. The molecular formula is C17H15N3O. The summed E-state index contributed by atoms with van der Waals surface area (Å²) in [6, 6.07) is 16.8. The smallest absolute Gasteiger partial charge is 0.228 e. The number of carbonyl (C=O) groups excluding carboxylic acids is 1. The molecular weight excluding hydrogens is 262 g/mol. The van der Waals surface area contributed by atoms with Crippen molar-refractivity contribution in [1.82, 2.24) is 4.98 Å². The third-order valence-electron chi connectivity index (χ3n) is 3.23. The van der Waals surface area contributed by atoms with Gasteiger partial charge in [0.05, 0.1) is 11.9 Å². The number of hydrogen-bond acceptors (Lipinski definition) is 3. The topological polar surface area (TPSA) is 68.0 Å². The molecule has 0 bridgehead atoms. The SMILES string of the molecule is Nc1ccc(CC(=O)Nc2ccc3ncccc3c2)cc1. The number of nitrogen functional groups attached to an aromatic ring is 1. The van der Waals surface area contributed by atoms with Crippen LogP contribution in [0.4, 0.5) is 11.4 Å². The average Bonchev–Trinajstić information content (AvgIpc) is 2.49. The van der Waals surface area contributed by atoms with Gasteiger partial charge in [0.15, 0.2) is 0 Å². The molecule has 4 heteroatoms. The molecule has 0 spiro atoms. The van der Waals surface area contributed by atoms with Gasteiger partial charge >= 0.3 is 0 Å². The van der Waals surface area contributed by atoms with Crippen LogP contribution in [0.1, 0.15) is 5.56 Å². The van der Waals surface area contributed by atoms with Gasteiger partial charge < -0.3 is 11.1 Å². The molecule has 0 unspecified atom stereocenters. The van der Waals surface area contributed by atoms with Gasteiger partial charge in [-0.2, -0.15) is 0 Å². The molecule has 0 saturated carbocycles. The van der Waals surface area contributed by atoms with Crippen LogP contribution in [-0.2, 0) is 11.2 Å². The number of benzene rings is 2. The third kappa shape index (κ3) is 3.17. The number of nitrogens with one attached hydrogen (secondary N) is 1. The zero-order chi connectivity index (χ0) is 14.7. The minimum atomic E-state index is -0.0528. The molecule has 1 amide bonds. The number of nitrogens with zero attached hydrogens (tertiary/aromatic N) is 1. The summed E-state index contributed by atoms with van der Waals surface area (Å²) in [7, 11) is 0. The Labute approximate surface area is 122 Å². The number of rotatable bonds is 3. The van der Waals surface area contributed by atoms with Crippen molar-refractivity contribution in [3.63, 3.8) is 0 Å². The van der Waals surface area contributed by atoms with Crippen LogP contribution in [-0.4, -0.2) is 10.9 Å². The molecule has 21 heavy (non-hydrogen) atoms. The van der Waals surface area contributed by atoms with Crippen LogP contribution in [0, 0.1) is 0 Å². The van der Waals surface area contributed by atoms with Crippen LogP contribution >= 0.6 is 0 Å². The first kappa shape index (κ1) is 13.1. The monoisotopic (exact) mass is 277 g/mol. The summed E-state index contributed by atoms with van der Waals surface area (Å²) in [6.45, 7) is 0. The number of hydrogen-bond donors (Lipinski definition) is 2. The van der Waals surface area contributed by atoms with Crippen molar-refractivity contribution < 1.29 is 4.79 Å². The Morgan fingerprint density at radius 2 is 1.90 bits per heavy atom. The number of carbonyl (C=O) groups is 1. The summed E-state index contributed by atoms with van der Waals surface area (Å²) in [4.78, 5) is 16.3. The zero-order valence-corrected chi connectivity index (χ0v) is 11.4. The predicted octanol–water partition coefficient (Wildman–Crippen LogP) is 3.00. The van der Waals surface area contributed by atoms with E-state index in [-0.39, 0.29) is 5.91 Å². The molecule has 0 aliphatic rings. The van der Waals surface area contributed by atoms with E-state index in [0.717, 1.165) is 22.2 Å². The van der Waals surface area contributed by atoms with Gasteiger partial charge in [0, 0.05) is 23.0 Å². The van der Waals surface area contributed by atoms with Gasteiger partial charge in [-0.3, -0.25) is 9.78 Å². The van der Waals surface area contributed by atoms with E-state index in [1.807, 2.05) is 42.5 Å². The lowest BCUT2D eigenvalue weighted by atomic mass is 10.1. The first-order chi connectivity index (χ1) is 10.2. The molecule has 3 aromatic rings. The van der Waals surface area contributed by atoms with Crippen LogP contribution in [0.3, 0.4) is 0 Å². The maximum absolute atomic E-state index is 12.0. The Bertz CT molecular complexity index is 781. The second kappa shape index (κ2) is 5.63. The van der Waals surface area contributed by atoms with E-state index in [2.05, 4.69) is 10.3 Å². The maximum Gasteiger partial charge on any atom is 0.228 e. The molecule has 0 aliphatic heterocycles. The minimum absolute atomic E-state index is 0.0528. The van der Waals surface area contributed by atoms with Crippen molar-refractivity contribution in [2.24, 2.45) is 0 Å².